The molecule has 0 aromatic carbocycles. The first-order chi connectivity index (χ1) is 5.81. The minimum Gasteiger partial charge on any atom is -0.0856 e. The Labute approximate surface area is 78.1 Å². The van der Waals surface area contributed by atoms with Crippen molar-refractivity contribution in [2.45, 2.75) is 58.8 Å². The fourth-order valence-electron chi connectivity index (χ4n) is 1.17. The first-order valence-electron chi connectivity index (χ1n) is 5.26. The van der Waals surface area contributed by atoms with E-state index in [9.17, 15) is 0 Å². The van der Waals surface area contributed by atoms with Gasteiger partial charge in [-0.1, -0.05) is 51.2 Å². The van der Waals surface area contributed by atoms with Crippen LogP contribution in [0.4, 0.5) is 0 Å². The van der Waals surface area contributed by atoms with Crippen LogP contribution in [-0.2, 0) is 0 Å². The van der Waals surface area contributed by atoms with Crippen LogP contribution < -0.4 is 0 Å². The Morgan fingerprint density at radius 3 is 2.42 bits per heavy atom. The molecule has 0 saturated carbocycles. The van der Waals surface area contributed by atoms with Gasteiger partial charge in [-0.3, -0.25) is 0 Å². The zero-order valence-electron chi connectivity index (χ0n) is 8.73. The van der Waals surface area contributed by atoms with Crippen molar-refractivity contribution in [2.75, 3.05) is 0 Å². The van der Waals surface area contributed by atoms with Crippen molar-refractivity contribution in [3.8, 4) is 0 Å². The van der Waals surface area contributed by atoms with Crippen molar-refractivity contribution < 1.29 is 0 Å². The van der Waals surface area contributed by atoms with Gasteiger partial charge in [0.1, 0.15) is 0 Å². The molecule has 0 aromatic heterocycles. The van der Waals surface area contributed by atoms with E-state index in [1.165, 1.54) is 44.1 Å². The van der Waals surface area contributed by atoms with Crippen LogP contribution in [0.2, 0.25) is 0 Å². The lowest BCUT2D eigenvalue weighted by molar-refractivity contribution is 0.650. The van der Waals surface area contributed by atoms with Gasteiger partial charge in [-0.25, -0.2) is 0 Å². The van der Waals surface area contributed by atoms with E-state index in [4.69, 9.17) is 0 Å². The van der Waals surface area contributed by atoms with E-state index in [1.807, 2.05) is 0 Å². The van der Waals surface area contributed by atoms with Crippen LogP contribution >= 0.6 is 0 Å². The first kappa shape index (κ1) is 11.7. The fourth-order valence-corrected chi connectivity index (χ4v) is 1.17. The lowest BCUT2D eigenvalue weighted by Gasteiger charge is -1.97. The highest BCUT2D eigenvalue weighted by Crippen LogP contribution is 2.07. The summed E-state index contributed by atoms with van der Waals surface area (Å²) in [5.41, 5.74) is 1.53. The lowest BCUT2D eigenvalue weighted by atomic mass is 10.1. The fraction of sp³-hybridized carbons (Fsp3) is 0.750. The second-order valence-corrected chi connectivity index (χ2v) is 3.46. The maximum absolute atomic E-state index is 3.83. The van der Waals surface area contributed by atoms with Gasteiger partial charge >= 0.3 is 0 Å². The molecule has 0 rings (SSSR count). The van der Waals surface area contributed by atoms with Gasteiger partial charge in [-0.15, -0.1) is 0 Å². The predicted molar refractivity (Wildman–Crippen MR) is 57.1 cm³/mol. The van der Waals surface area contributed by atoms with E-state index >= 15 is 0 Å². The van der Waals surface area contributed by atoms with Gasteiger partial charge in [0.25, 0.3) is 0 Å². The van der Waals surface area contributed by atoms with Gasteiger partial charge in [0.15, 0.2) is 0 Å². The zero-order valence-corrected chi connectivity index (χ0v) is 8.73. The summed E-state index contributed by atoms with van der Waals surface area (Å²) in [6, 6.07) is 0. The summed E-state index contributed by atoms with van der Waals surface area (Å²) in [5.74, 6) is 0. The summed E-state index contributed by atoms with van der Waals surface area (Å²) < 4.78 is 0. The van der Waals surface area contributed by atoms with Crippen molar-refractivity contribution >= 4 is 0 Å². The Hall–Kier alpha value is -0.260. The number of hydrogen-bond donors (Lipinski definition) is 0. The molecule has 71 valence electrons. The molecule has 0 amide bonds. The Kier molecular flexibility index (Phi) is 8.64. The minimum atomic E-state index is 1.10. The number of hydrogen-bond acceptors (Lipinski definition) is 0. The molecule has 1 radical (unpaired) electrons. The highest BCUT2D eigenvalue weighted by Gasteiger charge is 1.87. The SMILES string of the molecule is [CH2]CCCCCCC=C(C)CC. The Morgan fingerprint density at radius 1 is 1.17 bits per heavy atom. The molecular formula is C12H23. The monoisotopic (exact) mass is 167 g/mol. The molecule has 0 atom stereocenters. The number of rotatable bonds is 7. The number of allylic oxidation sites excluding steroid dienone is 2. The quantitative estimate of drug-likeness (QED) is 0.386. The summed E-state index contributed by atoms with van der Waals surface area (Å²) in [6.45, 7) is 8.27. The van der Waals surface area contributed by atoms with E-state index in [0.29, 0.717) is 0 Å². The van der Waals surface area contributed by atoms with E-state index < -0.39 is 0 Å². The van der Waals surface area contributed by atoms with Gasteiger partial charge in [-0.05, 0) is 26.2 Å². The Balaban J connectivity index is 3.10. The second-order valence-electron chi connectivity index (χ2n) is 3.46. The highest BCUT2D eigenvalue weighted by molar-refractivity contribution is 4.96. The van der Waals surface area contributed by atoms with E-state index in [0.717, 1.165) is 6.42 Å². The van der Waals surface area contributed by atoms with Gasteiger partial charge in [0.2, 0.25) is 0 Å². The van der Waals surface area contributed by atoms with Crippen LogP contribution in [-0.4, -0.2) is 0 Å². The third-order valence-electron chi connectivity index (χ3n) is 2.25. The molecule has 0 aliphatic heterocycles. The van der Waals surface area contributed by atoms with Gasteiger partial charge < -0.3 is 0 Å². The van der Waals surface area contributed by atoms with Gasteiger partial charge in [0.05, 0.1) is 0 Å². The molecule has 0 N–H and O–H groups in total. The molecule has 0 heterocycles. The summed E-state index contributed by atoms with van der Waals surface area (Å²) >= 11 is 0. The Morgan fingerprint density at radius 2 is 1.83 bits per heavy atom. The highest BCUT2D eigenvalue weighted by atomic mass is 13.9. The minimum absolute atomic E-state index is 1.10. The molecule has 0 bridgehead atoms. The molecule has 0 nitrogen and oxygen atoms in total. The zero-order chi connectivity index (χ0) is 9.23. The van der Waals surface area contributed by atoms with Crippen LogP contribution in [0.5, 0.6) is 0 Å². The third-order valence-corrected chi connectivity index (χ3v) is 2.25. The maximum atomic E-state index is 3.83. The van der Waals surface area contributed by atoms with Crippen molar-refractivity contribution in [2.24, 2.45) is 0 Å². The van der Waals surface area contributed by atoms with Crippen molar-refractivity contribution in [1.82, 2.24) is 0 Å². The lowest BCUT2D eigenvalue weighted by Crippen LogP contribution is -1.77. The smallest absolute Gasteiger partial charge is 0.0348 e. The standard InChI is InChI=1S/C12H23/c1-4-6-7-8-9-10-11-12(3)5-2/h11H,1,4-10H2,2-3H3. The molecule has 0 aromatic rings. The normalized spacial score (nSPS) is 12.1. The molecule has 0 unspecified atom stereocenters. The molecule has 0 heteroatoms. The molecule has 0 saturated heterocycles. The molecule has 12 heavy (non-hydrogen) atoms. The third kappa shape index (κ3) is 7.84. The molecule has 0 aliphatic rings. The molecule has 0 fully saturated rings. The predicted octanol–water partition coefficient (Wildman–Crippen LogP) is 4.52. The van der Waals surface area contributed by atoms with Crippen LogP contribution in [0.25, 0.3) is 0 Å². The van der Waals surface area contributed by atoms with Crippen molar-refractivity contribution in [3.63, 3.8) is 0 Å². The Bertz CT molecular complexity index is 111. The maximum Gasteiger partial charge on any atom is -0.0348 e. The molecule has 0 aliphatic carbocycles. The summed E-state index contributed by atoms with van der Waals surface area (Å²) in [4.78, 5) is 0. The van der Waals surface area contributed by atoms with E-state index in [2.05, 4.69) is 26.8 Å². The van der Waals surface area contributed by atoms with E-state index in [1.54, 1.807) is 0 Å². The summed E-state index contributed by atoms with van der Waals surface area (Å²) in [6.07, 6.45) is 11.4. The van der Waals surface area contributed by atoms with Gasteiger partial charge in [0, 0.05) is 0 Å². The average Bonchev–Trinajstić information content (AvgIpc) is 2.10. The van der Waals surface area contributed by atoms with Crippen molar-refractivity contribution in [1.29, 1.82) is 0 Å². The number of unbranched alkanes of at least 4 members (excludes halogenated alkanes) is 5. The van der Waals surface area contributed by atoms with Crippen LogP contribution in [0.15, 0.2) is 11.6 Å². The van der Waals surface area contributed by atoms with Crippen LogP contribution in [0.1, 0.15) is 58.8 Å². The van der Waals surface area contributed by atoms with Crippen molar-refractivity contribution in [3.05, 3.63) is 18.6 Å². The second kappa shape index (κ2) is 8.83. The first-order valence-corrected chi connectivity index (χ1v) is 5.26. The average molecular weight is 167 g/mol. The van der Waals surface area contributed by atoms with Gasteiger partial charge in [-0.2, -0.15) is 0 Å². The molecular weight excluding hydrogens is 144 g/mol. The largest absolute Gasteiger partial charge is 0.0856 e. The van der Waals surface area contributed by atoms with Crippen LogP contribution in [0, 0.1) is 6.92 Å². The summed E-state index contributed by atoms with van der Waals surface area (Å²) in [5, 5.41) is 0. The van der Waals surface area contributed by atoms with E-state index in [-0.39, 0.29) is 0 Å². The summed E-state index contributed by atoms with van der Waals surface area (Å²) in [7, 11) is 0. The molecule has 0 spiro atoms. The topological polar surface area (TPSA) is 0 Å². The van der Waals surface area contributed by atoms with Crippen LogP contribution in [0.3, 0.4) is 0 Å².